The maximum Gasteiger partial charge on any atom is 0.259 e. The Balaban J connectivity index is 1.96. The van der Waals surface area contributed by atoms with E-state index >= 15 is 0 Å². The second-order valence-electron chi connectivity index (χ2n) is 5.45. The van der Waals surface area contributed by atoms with E-state index in [-0.39, 0.29) is 5.56 Å². The first-order valence-corrected chi connectivity index (χ1v) is 7.86. The van der Waals surface area contributed by atoms with E-state index in [1.807, 2.05) is 60.7 Å². The number of hydrogen-bond acceptors (Lipinski definition) is 4. The molecule has 0 unspecified atom stereocenters. The summed E-state index contributed by atoms with van der Waals surface area (Å²) in [6.07, 6.45) is 1.59. The zero-order valence-corrected chi connectivity index (χ0v) is 13.3. The lowest BCUT2D eigenvalue weighted by Gasteiger charge is -2.07. The lowest BCUT2D eigenvalue weighted by Crippen LogP contribution is -2.10. The van der Waals surface area contributed by atoms with E-state index < -0.39 is 0 Å². The molecule has 0 saturated heterocycles. The van der Waals surface area contributed by atoms with Gasteiger partial charge in [0.25, 0.3) is 5.56 Å². The normalized spacial score (nSPS) is 10.6. The van der Waals surface area contributed by atoms with Gasteiger partial charge in [-0.3, -0.25) is 4.79 Å². The van der Waals surface area contributed by atoms with Gasteiger partial charge in [-0.15, -0.1) is 0 Å². The van der Waals surface area contributed by atoms with Crippen molar-refractivity contribution in [2.45, 2.75) is 0 Å². The molecule has 0 spiro atoms. The number of aromatic amines is 1. The zero-order valence-electron chi connectivity index (χ0n) is 13.3. The Morgan fingerprint density at radius 3 is 1.64 bits per heavy atom. The molecule has 4 aromatic rings. The van der Waals surface area contributed by atoms with E-state index in [9.17, 15) is 4.79 Å². The van der Waals surface area contributed by atoms with Crippen LogP contribution in [0.1, 0.15) is 0 Å². The van der Waals surface area contributed by atoms with Gasteiger partial charge in [-0.1, -0.05) is 60.7 Å². The number of nitrogens with one attached hydrogen (secondary N) is 1. The summed E-state index contributed by atoms with van der Waals surface area (Å²) >= 11 is 0. The Labute approximate surface area is 144 Å². The van der Waals surface area contributed by atoms with Crippen molar-refractivity contribution < 1.29 is 0 Å². The molecule has 0 aliphatic carbocycles. The molecule has 0 atom stereocenters. The lowest BCUT2D eigenvalue weighted by atomic mass is 10.1. The van der Waals surface area contributed by atoms with Crippen molar-refractivity contribution in [2.75, 3.05) is 0 Å². The number of rotatable bonds is 3. The summed E-state index contributed by atoms with van der Waals surface area (Å²) in [6, 6.07) is 22.8. The maximum atomic E-state index is 12.2. The highest BCUT2D eigenvalue weighted by atomic mass is 16.1. The zero-order chi connectivity index (χ0) is 17.1. The molecule has 0 aliphatic heterocycles. The average Bonchev–Trinajstić information content (AvgIpc) is 2.69. The van der Waals surface area contributed by atoms with E-state index in [4.69, 9.17) is 0 Å². The minimum absolute atomic E-state index is 0.230. The summed E-state index contributed by atoms with van der Waals surface area (Å²) in [5.74, 6) is 1.43. The number of nitrogens with zero attached hydrogens (tertiary/aromatic N) is 3. The number of aromatic nitrogens is 4. The molecule has 25 heavy (non-hydrogen) atoms. The molecule has 0 fully saturated rings. The minimum Gasteiger partial charge on any atom is -0.328 e. The van der Waals surface area contributed by atoms with Gasteiger partial charge in [0, 0.05) is 17.3 Å². The van der Waals surface area contributed by atoms with E-state index in [1.165, 1.54) is 0 Å². The summed E-state index contributed by atoms with van der Waals surface area (Å²) in [5.41, 5.74) is 1.93. The Hall–Kier alpha value is -3.60. The van der Waals surface area contributed by atoms with Crippen LogP contribution in [0.5, 0.6) is 0 Å². The molecule has 1 N–H and O–H groups in total. The fourth-order valence-electron chi connectivity index (χ4n) is 2.53. The van der Waals surface area contributed by atoms with Crippen LogP contribution in [0.3, 0.4) is 0 Å². The fraction of sp³-hybridized carbons (Fsp3) is 0. The molecule has 5 nitrogen and oxygen atoms in total. The topological polar surface area (TPSA) is 71.5 Å². The molecular formula is C20H14N4O. The highest BCUT2D eigenvalue weighted by Gasteiger charge is 2.13. The van der Waals surface area contributed by atoms with Crippen molar-refractivity contribution in [1.82, 2.24) is 19.9 Å². The van der Waals surface area contributed by atoms with Crippen molar-refractivity contribution in [3.8, 4) is 34.2 Å². The standard InChI is InChI=1S/C20H14N4O/c25-20-16(12-7-13-21-20)19-23-17(14-8-3-1-4-9-14)22-18(24-19)15-10-5-2-6-11-15/h1-13H,(H,21,25). The van der Waals surface area contributed by atoms with Gasteiger partial charge in [-0.2, -0.15) is 0 Å². The van der Waals surface area contributed by atoms with Crippen LogP contribution in [0, 0.1) is 0 Å². The van der Waals surface area contributed by atoms with Crippen LogP contribution in [0.2, 0.25) is 0 Å². The lowest BCUT2D eigenvalue weighted by molar-refractivity contribution is 1.06. The average molecular weight is 326 g/mol. The molecule has 0 saturated carbocycles. The first-order chi connectivity index (χ1) is 12.3. The van der Waals surface area contributed by atoms with Gasteiger partial charge in [0.2, 0.25) is 0 Å². The smallest absolute Gasteiger partial charge is 0.259 e. The third-order valence-electron chi connectivity index (χ3n) is 3.76. The van der Waals surface area contributed by atoms with Crippen molar-refractivity contribution in [3.05, 3.63) is 89.3 Å². The largest absolute Gasteiger partial charge is 0.328 e. The predicted molar refractivity (Wildman–Crippen MR) is 96.8 cm³/mol. The van der Waals surface area contributed by atoms with E-state index in [1.54, 1.807) is 18.3 Å². The summed E-state index contributed by atoms with van der Waals surface area (Å²) in [7, 11) is 0. The summed E-state index contributed by atoms with van der Waals surface area (Å²) in [5, 5.41) is 0. The van der Waals surface area contributed by atoms with Crippen LogP contribution >= 0.6 is 0 Å². The van der Waals surface area contributed by atoms with E-state index in [0.717, 1.165) is 11.1 Å². The van der Waals surface area contributed by atoms with Gasteiger partial charge in [-0.05, 0) is 12.1 Å². The van der Waals surface area contributed by atoms with Crippen LogP contribution in [-0.4, -0.2) is 19.9 Å². The Morgan fingerprint density at radius 1 is 0.600 bits per heavy atom. The molecule has 120 valence electrons. The minimum atomic E-state index is -0.230. The second-order valence-corrected chi connectivity index (χ2v) is 5.45. The number of hydrogen-bond donors (Lipinski definition) is 1. The predicted octanol–water partition coefficient (Wildman–Crippen LogP) is 3.56. The monoisotopic (exact) mass is 326 g/mol. The molecular weight excluding hydrogens is 312 g/mol. The molecule has 4 rings (SSSR count). The summed E-state index contributed by atoms with van der Waals surface area (Å²) in [6.45, 7) is 0. The van der Waals surface area contributed by atoms with Gasteiger partial charge in [-0.25, -0.2) is 15.0 Å². The first-order valence-electron chi connectivity index (χ1n) is 7.86. The first kappa shape index (κ1) is 15.0. The fourth-order valence-corrected chi connectivity index (χ4v) is 2.53. The van der Waals surface area contributed by atoms with Gasteiger partial charge >= 0.3 is 0 Å². The Bertz CT molecular complexity index is 1000. The second kappa shape index (κ2) is 6.49. The highest BCUT2D eigenvalue weighted by molar-refractivity contribution is 5.65. The number of pyridine rings is 1. The van der Waals surface area contributed by atoms with Gasteiger partial charge in [0.05, 0.1) is 5.56 Å². The molecule has 0 bridgehead atoms. The molecule has 2 aromatic carbocycles. The molecule has 2 aromatic heterocycles. The molecule has 2 heterocycles. The maximum absolute atomic E-state index is 12.2. The van der Waals surface area contributed by atoms with Gasteiger partial charge in [0.1, 0.15) is 0 Å². The van der Waals surface area contributed by atoms with E-state index in [2.05, 4.69) is 19.9 Å². The van der Waals surface area contributed by atoms with Crippen molar-refractivity contribution in [2.24, 2.45) is 0 Å². The quantitative estimate of drug-likeness (QED) is 0.625. The number of H-pyrrole nitrogens is 1. The third kappa shape index (κ3) is 3.07. The van der Waals surface area contributed by atoms with Crippen LogP contribution in [0.4, 0.5) is 0 Å². The number of benzene rings is 2. The third-order valence-corrected chi connectivity index (χ3v) is 3.76. The summed E-state index contributed by atoms with van der Waals surface area (Å²) < 4.78 is 0. The molecule has 0 aliphatic rings. The van der Waals surface area contributed by atoms with Crippen molar-refractivity contribution in [3.63, 3.8) is 0 Å². The van der Waals surface area contributed by atoms with Crippen molar-refractivity contribution in [1.29, 1.82) is 0 Å². The van der Waals surface area contributed by atoms with Crippen molar-refractivity contribution >= 4 is 0 Å². The van der Waals surface area contributed by atoms with Crippen LogP contribution in [0.25, 0.3) is 34.2 Å². The SMILES string of the molecule is O=c1[nH]cccc1-c1nc(-c2ccccc2)nc(-c2ccccc2)n1. The Morgan fingerprint density at radius 2 is 1.12 bits per heavy atom. The summed E-state index contributed by atoms with van der Waals surface area (Å²) in [4.78, 5) is 28.5. The molecule has 0 radical (unpaired) electrons. The molecule has 0 amide bonds. The van der Waals surface area contributed by atoms with Crippen LogP contribution in [-0.2, 0) is 0 Å². The van der Waals surface area contributed by atoms with Crippen LogP contribution in [0.15, 0.2) is 83.8 Å². The van der Waals surface area contributed by atoms with Gasteiger partial charge < -0.3 is 4.98 Å². The Kier molecular flexibility index (Phi) is 3.88. The molecule has 5 heteroatoms. The van der Waals surface area contributed by atoms with Gasteiger partial charge in [0.15, 0.2) is 17.5 Å². The van der Waals surface area contributed by atoms with Crippen LogP contribution < -0.4 is 5.56 Å². The van der Waals surface area contributed by atoms with E-state index in [0.29, 0.717) is 23.0 Å². The highest BCUT2D eigenvalue weighted by Crippen LogP contribution is 2.22.